The van der Waals surface area contributed by atoms with Crippen LogP contribution in [0.15, 0.2) is 28.7 Å². The molecule has 102 valence electrons. The molecule has 3 N–H and O–H groups in total. The molecule has 0 fully saturated rings. The Morgan fingerprint density at radius 3 is 2.44 bits per heavy atom. The van der Waals surface area contributed by atoms with Crippen molar-refractivity contribution in [3.8, 4) is 0 Å². The van der Waals surface area contributed by atoms with E-state index in [1.807, 2.05) is 26.0 Å². The van der Waals surface area contributed by atoms with Gasteiger partial charge in [0.2, 0.25) is 0 Å². The first-order valence-corrected chi connectivity index (χ1v) is 6.94. The van der Waals surface area contributed by atoms with Gasteiger partial charge in [-0.3, -0.25) is 11.3 Å². The Morgan fingerprint density at radius 2 is 1.94 bits per heavy atom. The number of hydrazine groups is 1. The fourth-order valence-electron chi connectivity index (χ4n) is 1.76. The van der Waals surface area contributed by atoms with Gasteiger partial charge in [-0.25, -0.2) is 0 Å². The maximum Gasteiger partial charge on any atom is 0.174 e. The van der Waals surface area contributed by atoms with Crippen LogP contribution < -0.4 is 11.3 Å². The van der Waals surface area contributed by atoms with E-state index in [4.69, 9.17) is 15.3 Å². The number of rotatable bonds is 8. The molecule has 0 radical (unpaired) electrons. The average Bonchev–Trinajstić information content (AvgIpc) is 2.36. The van der Waals surface area contributed by atoms with Gasteiger partial charge in [-0.05, 0) is 38.0 Å². The molecule has 5 heteroatoms. The molecule has 18 heavy (non-hydrogen) atoms. The topological polar surface area (TPSA) is 56.5 Å². The van der Waals surface area contributed by atoms with Crippen molar-refractivity contribution in [2.75, 3.05) is 13.2 Å². The van der Waals surface area contributed by atoms with Crippen LogP contribution in [0.3, 0.4) is 0 Å². The van der Waals surface area contributed by atoms with E-state index in [1.54, 1.807) is 0 Å². The Labute approximate surface area is 117 Å². The van der Waals surface area contributed by atoms with Crippen molar-refractivity contribution < 1.29 is 9.47 Å². The summed E-state index contributed by atoms with van der Waals surface area (Å²) >= 11 is 3.46. The molecule has 0 aliphatic carbocycles. The lowest BCUT2D eigenvalue weighted by atomic mass is 10.1. The molecule has 0 saturated heterocycles. The smallest absolute Gasteiger partial charge is 0.174 e. The molecule has 0 bridgehead atoms. The molecule has 0 aromatic heterocycles. The van der Waals surface area contributed by atoms with Crippen molar-refractivity contribution in [2.45, 2.75) is 32.6 Å². The van der Waals surface area contributed by atoms with E-state index in [1.165, 1.54) is 5.56 Å². The quantitative estimate of drug-likeness (QED) is 0.438. The standard InChI is InChI=1S/C13H21BrN2O2/c1-3-17-13(18-4-2)12(16-15)9-10-6-5-7-11(14)8-10/h5-8,12-13,16H,3-4,9,15H2,1-2H3. The van der Waals surface area contributed by atoms with Gasteiger partial charge in [0.15, 0.2) is 6.29 Å². The minimum atomic E-state index is -0.330. The SMILES string of the molecule is CCOC(OCC)C(Cc1cccc(Br)c1)NN. The largest absolute Gasteiger partial charge is 0.351 e. The number of benzene rings is 1. The van der Waals surface area contributed by atoms with E-state index < -0.39 is 0 Å². The summed E-state index contributed by atoms with van der Waals surface area (Å²) in [5.74, 6) is 5.60. The van der Waals surface area contributed by atoms with E-state index in [9.17, 15) is 0 Å². The molecule has 4 nitrogen and oxygen atoms in total. The highest BCUT2D eigenvalue weighted by atomic mass is 79.9. The fourth-order valence-corrected chi connectivity index (χ4v) is 2.21. The van der Waals surface area contributed by atoms with Crippen molar-refractivity contribution in [1.82, 2.24) is 5.43 Å². The third kappa shape index (κ3) is 5.04. The summed E-state index contributed by atoms with van der Waals surface area (Å²) in [4.78, 5) is 0. The lowest BCUT2D eigenvalue weighted by Gasteiger charge is -2.26. The second-order valence-electron chi connectivity index (χ2n) is 3.89. The Bertz CT molecular complexity index is 344. The molecular formula is C13H21BrN2O2. The van der Waals surface area contributed by atoms with E-state index >= 15 is 0 Å². The molecule has 0 heterocycles. The van der Waals surface area contributed by atoms with Gasteiger partial charge in [0.25, 0.3) is 0 Å². The Balaban J connectivity index is 2.69. The summed E-state index contributed by atoms with van der Waals surface area (Å²) in [6, 6.07) is 8.06. The van der Waals surface area contributed by atoms with E-state index in [0.717, 1.165) is 10.9 Å². The fraction of sp³-hybridized carbons (Fsp3) is 0.538. The molecule has 0 spiro atoms. The minimum absolute atomic E-state index is 0.0702. The van der Waals surface area contributed by atoms with Crippen LogP contribution in [0.5, 0.6) is 0 Å². The van der Waals surface area contributed by atoms with Crippen LogP contribution in [0.2, 0.25) is 0 Å². The zero-order valence-electron chi connectivity index (χ0n) is 10.9. The predicted molar refractivity (Wildman–Crippen MR) is 76.0 cm³/mol. The number of hydrogen-bond donors (Lipinski definition) is 2. The Hall–Kier alpha value is -0.460. The molecule has 1 atom stereocenters. The molecule has 0 aliphatic rings. The van der Waals surface area contributed by atoms with Gasteiger partial charge in [0.1, 0.15) is 0 Å². The highest BCUT2D eigenvalue weighted by Gasteiger charge is 2.21. The summed E-state index contributed by atoms with van der Waals surface area (Å²) < 4.78 is 12.2. The van der Waals surface area contributed by atoms with Crippen LogP contribution >= 0.6 is 15.9 Å². The monoisotopic (exact) mass is 316 g/mol. The van der Waals surface area contributed by atoms with Gasteiger partial charge in [0, 0.05) is 17.7 Å². The summed E-state index contributed by atoms with van der Waals surface area (Å²) in [7, 11) is 0. The first-order chi connectivity index (χ1) is 8.71. The van der Waals surface area contributed by atoms with Crippen LogP contribution in [-0.2, 0) is 15.9 Å². The molecule has 0 saturated carbocycles. The normalized spacial score (nSPS) is 12.9. The van der Waals surface area contributed by atoms with Crippen molar-refractivity contribution in [3.05, 3.63) is 34.3 Å². The van der Waals surface area contributed by atoms with Crippen molar-refractivity contribution in [2.24, 2.45) is 5.84 Å². The molecule has 0 amide bonds. The van der Waals surface area contributed by atoms with Gasteiger partial charge in [-0.1, -0.05) is 28.1 Å². The van der Waals surface area contributed by atoms with Crippen LogP contribution in [0.25, 0.3) is 0 Å². The molecule has 1 aromatic rings. The second kappa shape index (κ2) is 8.61. The summed E-state index contributed by atoms with van der Waals surface area (Å²) in [5.41, 5.74) is 3.95. The van der Waals surface area contributed by atoms with E-state index in [0.29, 0.717) is 13.2 Å². The maximum atomic E-state index is 5.60. The molecule has 1 rings (SSSR count). The molecule has 1 aromatic carbocycles. The average molecular weight is 317 g/mol. The summed E-state index contributed by atoms with van der Waals surface area (Å²) in [6.07, 6.45) is 0.421. The van der Waals surface area contributed by atoms with Crippen LogP contribution in [0.1, 0.15) is 19.4 Å². The van der Waals surface area contributed by atoms with E-state index in [-0.39, 0.29) is 12.3 Å². The molecule has 0 aliphatic heterocycles. The van der Waals surface area contributed by atoms with Gasteiger partial charge < -0.3 is 9.47 Å². The first kappa shape index (κ1) is 15.6. The predicted octanol–water partition coefficient (Wildman–Crippen LogP) is 2.22. The third-order valence-electron chi connectivity index (χ3n) is 2.55. The van der Waals surface area contributed by atoms with Gasteiger partial charge >= 0.3 is 0 Å². The highest BCUT2D eigenvalue weighted by molar-refractivity contribution is 9.10. The van der Waals surface area contributed by atoms with Crippen LogP contribution in [0, 0.1) is 0 Å². The zero-order valence-corrected chi connectivity index (χ0v) is 12.4. The Kier molecular flexibility index (Phi) is 7.46. The van der Waals surface area contributed by atoms with Crippen LogP contribution in [-0.4, -0.2) is 25.5 Å². The van der Waals surface area contributed by atoms with Crippen molar-refractivity contribution >= 4 is 15.9 Å². The number of halogens is 1. The second-order valence-corrected chi connectivity index (χ2v) is 4.80. The molecular weight excluding hydrogens is 296 g/mol. The number of hydrogen-bond acceptors (Lipinski definition) is 4. The summed E-state index contributed by atoms with van der Waals surface area (Å²) in [5, 5.41) is 0. The Morgan fingerprint density at radius 1 is 1.28 bits per heavy atom. The minimum Gasteiger partial charge on any atom is -0.351 e. The highest BCUT2D eigenvalue weighted by Crippen LogP contribution is 2.15. The van der Waals surface area contributed by atoms with Gasteiger partial charge in [0.05, 0.1) is 6.04 Å². The van der Waals surface area contributed by atoms with Crippen LogP contribution in [0.4, 0.5) is 0 Å². The lowest BCUT2D eigenvalue weighted by molar-refractivity contribution is -0.153. The summed E-state index contributed by atoms with van der Waals surface area (Å²) in [6.45, 7) is 5.08. The van der Waals surface area contributed by atoms with Crippen molar-refractivity contribution in [3.63, 3.8) is 0 Å². The zero-order chi connectivity index (χ0) is 13.4. The van der Waals surface area contributed by atoms with E-state index in [2.05, 4.69) is 33.5 Å². The lowest BCUT2D eigenvalue weighted by Crippen LogP contribution is -2.48. The number of nitrogens with two attached hydrogens (primary N) is 1. The third-order valence-corrected chi connectivity index (χ3v) is 3.04. The number of nitrogens with one attached hydrogen (secondary N) is 1. The van der Waals surface area contributed by atoms with Crippen molar-refractivity contribution in [1.29, 1.82) is 0 Å². The molecule has 1 unspecified atom stereocenters. The number of ether oxygens (including phenoxy) is 2. The first-order valence-electron chi connectivity index (χ1n) is 6.15. The van der Waals surface area contributed by atoms with Gasteiger partial charge in [-0.2, -0.15) is 0 Å². The van der Waals surface area contributed by atoms with Gasteiger partial charge in [-0.15, -0.1) is 0 Å². The maximum absolute atomic E-state index is 5.60.